The average Bonchev–Trinajstić information content (AvgIpc) is 2.83. The van der Waals surface area contributed by atoms with Crippen molar-refractivity contribution in [2.24, 2.45) is 5.92 Å². The Morgan fingerprint density at radius 1 is 1.38 bits per heavy atom. The van der Waals surface area contributed by atoms with Gasteiger partial charge in [0.1, 0.15) is 5.75 Å². The van der Waals surface area contributed by atoms with Crippen molar-refractivity contribution in [2.75, 3.05) is 6.54 Å². The minimum atomic E-state index is 0.250. The Hall–Kier alpha value is -1.59. The molecule has 114 valence electrons. The predicted octanol–water partition coefficient (Wildman–Crippen LogP) is 3.36. The van der Waals surface area contributed by atoms with E-state index in [1.54, 1.807) is 6.92 Å². The highest BCUT2D eigenvalue weighted by molar-refractivity contribution is 6.30. The van der Waals surface area contributed by atoms with Gasteiger partial charge < -0.3 is 14.6 Å². The summed E-state index contributed by atoms with van der Waals surface area (Å²) in [4.78, 5) is 4.11. The van der Waals surface area contributed by atoms with E-state index in [9.17, 15) is 0 Å². The van der Waals surface area contributed by atoms with Crippen LogP contribution in [-0.2, 0) is 13.2 Å². The van der Waals surface area contributed by atoms with Gasteiger partial charge in [0, 0.05) is 17.1 Å². The summed E-state index contributed by atoms with van der Waals surface area (Å²) in [6, 6.07) is 5.57. The molecular formula is C15H20ClN3O2. The van der Waals surface area contributed by atoms with Crippen LogP contribution >= 0.6 is 11.6 Å². The highest BCUT2D eigenvalue weighted by atomic mass is 35.5. The van der Waals surface area contributed by atoms with Crippen molar-refractivity contribution < 1.29 is 9.26 Å². The molecule has 21 heavy (non-hydrogen) atoms. The SMILES string of the molecule is Cc1noc(COc2ccc(Cl)cc2CNCC(C)C)n1. The van der Waals surface area contributed by atoms with Crippen molar-refractivity contribution in [2.45, 2.75) is 33.9 Å². The molecule has 0 aliphatic heterocycles. The number of benzene rings is 1. The summed E-state index contributed by atoms with van der Waals surface area (Å²) in [6.07, 6.45) is 0. The van der Waals surface area contributed by atoms with Crippen molar-refractivity contribution in [1.82, 2.24) is 15.5 Å². The van der Waals surface area contributed by atoms with Gasteiger partial charge in [0.05, 0.1) is 0 Å². The van der Waals surface area contributed by atoms with Crippen LogP contribution in [0, 0.1) is 12.8 Å². The van der Waals surface area contributed by atoms with E-state index in [1.807, 2.05) is 18.2 Å². The lowest BCUT2D eigenvalue weighted by molar-refractivity contribution is 0.240. The van der Waals surface area contributed by atoms with Gasteiger partial charge >= 0.3 is 0 Å². The van der Waals surface area contributed by atoms with E-state index in [2.05, 4.69) is 29.3 Å². The zero-order valence-corrected chi connectivity index (χ0v) is 13.3. The Morgan fingerprint density at radius 2 is 2.19 bits per heavy atom. The second-order valence-electron chi connectivity index (χ2n) is 5.30. The normalized spacial score (nSPS) is 11.1. The largest absolute Gasteiger partial charge is 0.483 e. The first-order valence-corrected chi connectivity index (χ1v) is 7.33. The molecule has 5 nitrogen and oxygen atoms in total. The number of rotatable bonds is 7. The number of ether oxygens (including phenoxy) is 1. The molecule has 0 fully saturated rings. The maximum absolute atomic E-state index is 6.05. The van der Waals surface area contributed by atoms with Crippen LogP contribution in [0.25, 0.3) is 0 Å². The number of hydrogen-bond acceptors (Lipinski definition) is 5. The lowest BCUT2D eigenvalue weighted by Crippen LogP contribution is -2.19. The zero-order valence-electron chi connectivity index (χ0n) is 12.5. The summed E-state index contributed by atoms with van der Waals surface area (Å²) >= 11 is 6.05. The summed E-state index contributed by atoms with van der Waals surface area (Å²) in [6.45, 7) is 8.00. The summed E-state index contributed by atoms with van der Waals surface area (Å²) < 4.78 is 10.8. The Kier molecular flexibility index (Phi) is 5.59. The Balaban J connectivity index is 2.00. The number of aryl methyl sites for hydroxylation is 1. The van der Waals surface area contributed by atoms with Crippen molar-refractivity contribution in [3.05, 3.63) is 40.5 Å². The highest BCUT2D eigenvalue weighted by Gasteiger charge is 2.08. The maximum atomic E-state index is 6.05. The van der Waals surface area contributed by atoms with Crippen molar-refractivity contribution in [3.63, 3.8) is 0 Å². The van der Waals surface area contributed by atoms with Crippen LogP contribution < -0.4 is 10.1 Å². The number of halogens is 1. The van der Waals surface area contributed by atoms with E-state index < -0.39 is 0 Å². The van der Waals surface area contributed by atoms with E-state index >= 15 is 0 Å². The second-order valence-corrected chi connectivity index (χ2v) is 5.74. The van der Waals surface area contributed by atoms with Gasteiger partial charge in [-0.25, -0.2) is 0 Å². The molecule has 0 amide bonds. The third-order valence-electron chi connectivity index (χ3n) is 2.81. The van der Waals surface area contributed by atoms with Crippen LogP contribution in [0.2, 0.25) is 5.02 Å². The molecule has 2 rings (SSSR count). The van der Waals surface area contributed by atoms with E-state index in [0.29, 0.717) is 29.2 Å². The van der Waals surface area contributed by atoms with Crippen molar-refractivity contribution >= 4 is 11.6 Å². The molecule has 1 heterocycles. The minimum absolute atomic E-state index is 0.250. The molecule has 1 aromatic carbocycles. The van der Waals surface area contributed by atoms with Gasteiger partial charge in [0.15, 0.2) is 12.4 Å². The van der Waals surface area contributed by atoms with Gasteiger partial charge in [-0.2, -0.15) is 4.98 Å². The molecule has 1 aromatic heterocycles. The first kappa shape index (κ1) is 15.8. The molecule has 1 N–H and O–H groups in total. The van der Waals surface area contributed by atoms with Gasteiger partial charge in [-0.15, -0.1) is 0 Å². The summed E-state index contributed by atoms with van der Waals surface area (Å²) in [5.41, 5.74) is 1.01. The number of nitrogens with one attached hydrogen (secondary N) is 1. The number of aromatic nitrogens is 2. The molecule has 0 unspecified atom stereocenters. The topological polar surface area (TPSA) is 60.2 Å². The fourth-order valence-electron chi connectivity index (χ4n) is 1.86. The first-order chi connectivity index (χ1) is 10.0. The summed E-state index contributed by atoms with van der Waals surface area (Å²) in [5.74, 6) is 2.42. The molecule has 0 bridgehead atoms. The second kappa shape index (κ2) is 7.43. The third-order valence-corrected chi connectivity index (χ3v) is 3.05. The molecule has 0 atom stereocenters. The summed E-state index contributed by atoms with van der Waals surface area (Å²) in [5, 5.41) is 7.81. The van der Waals surface area contributed by atoms with E-state index in [-0.39, 0.29) is 6.61 Å². The molecule has 0 radical (unpaired) electrons. The fraction of sp³-hybridized carbons (Fsp3) is 0.467. The van der Waals surface area contributed by atoms with Crippen LogP contribution in [0.5, 0.6) is 5.75 Å². The Morgan fingerprint density at radius 3 is 2.86 bits per heavy atom. The fourth-order valence-corrected chi connectivity index (χ4v) is 2.06. The van der Waals surface area contributed by atoms with E-state index in [4.69, 9.17) is 20.9 Å². The molecule has 0 saturated carbocycles. The van der Waals surface area contributed by atoms with E-state index in [1.165, 1.54) is 0 Å². The predicted molar refractivity (Wildman–Crippen MR) is 81.4 cm³/mol. The summed E-state index contributed by atoms with van der Waals surface area (Å²) in [7, 11) is 0. The molecule has 6 heteroatoms. The number of hydrogen-bond donors (Lipinski definition) is 1. The van der Waals surface area contributed by atoms with Gasteiger partial charge in [-0.05, 0) is 37.6 Å². The monoisotopic (exact) mass is 309 g/mol. The van der Waals surface area contributed by atoms with Gasteiger partial charge in [0.2, 0.25) is 0 Å². The molecule has 0 aliphatic carbocycles. The van der Waals surface area contributed by atoms with Crippen molar-refractivity contribution in [1.29, 1.82) is 0 Å². The zero-order chi connectivity index (χ0) is 15.2. The van der Waals surface area contributed by atoms with Crippen LogP contribution in [0.1, 0.15) is 31.1 Å². The minimum Gasteiger partial charge on any atom is -0.483 e. The lowest BCUT2D eigenvalue weighted by Gasteiger charge is -2.12. The molecule has 0 saturated heterocycles. The molecule has 2 aromatic rings. The van der Waals surface area contributed by atoms with Gasteiger partial charge in [0.25, 0.3) is 5.89 Å². The molecular weight excluding hydrogens is 290 g/mol. The quantitative estimate of drug-likeness (QED) is 0.850. The molecule has 0 spiro atoms. The molecule has 0 aliphatic rings. The highest BCUT2D eigenvalue weighted by Crippen LogP contribution is 2.23. The van der Waals surface area contributed by atoms with Crippen LogP contribution in [-0.4, -0.2) is 16.7 Å². The van der Waals surface area contributed by atoms with Crippen LogP contribution in [0.3, 0.4) is 0 Å². The smallest absolute Gasteiger partial charge is 0.264 e. The van der Waals surface area contributed by atoms with Crippen LogP contribution in [0.15, 0.2) is 22.7 Å². The average molecular weight is 310 g/mol. The standard InChI is InChI=1S/C15H20ClN3O2/c1-10(2)7-17-8-12-6-13(16)4-5-14(12)20-9-15-18-11(3)19-21-15/h4-6,10,17H,7-9H2,1-3H3. The first-order valence-electron chi connectivity index (χ1n) is 6.95. The maximum Gasteiger partial charge on any atom is 0.264 e. The lowest BCUT2D eigenvalue weighted by atomic mass is 10.2. The van der Waals surface area contributed by atoms with E-state index in [0.717, 1.165) is 17.9 Å². The Bertz CT molecular complexity index is 584. The Labute approximate surface area is 129 Å². The van der Waals surface area contributed by atoms with Gasteiger partial charge in [-0.1, -0.05) is 30.6 Å². The number of nitrogens with zero attached hydrogens (tertiary/aromatic N) is 2. The third kappa shape index (κ3) is 5.02. The van der Waals surface area contributed by atoms with Crippen LogP contribution in [0.4, 0.5) is 0 Å². The van der Waals surface area contributed by atoms with Crippen molar-refractivity contribution in [3.8, 4) is 5.75 Å². The van der Waals surface area contributed by atoms with Gasteiger partial charge in [-0.3, -0.25) is 0 Å².